The van der Waals surface area contributed by atoms with E-state index in [9.17, 15) is 4.79 Å². The third kappa shape index (κ3) is 5.13. The van der Waals surface area contributed by atoms with E-state index in [1.54, 1.807) is 0 Å². The van der Waals surface area contributed by atoms with Crippen molar-refractivity contribution in [1.82, 2.24) is 15.1 Å². The van der Waals surface area contributed by atoms with Gasteiger partial charge in [-0.05, 0) is 70.5 Å². The molecule has 2 rings (SSSR count). The maximum atomic E-state index is 12.4. The van der Waals surface area contributed by atoms with E-state index in [4.69, 9.17) is 5.11 Å². The Balaban J connectivity index is 1.70. The molecular weight excluding hydrogens is 278 g/mol. The second-order valence-corrected chi connectivity index (χ2v) is 6.83. The van der Waals surface area contributed by atoms with Gasteiger partial charge in [-0.1, -0.05) is 6.92 Å². The van der Waals surface area contributed by atoms with Crippen LogP contribution in [0.1, 0.15) is 51.9 Å². The highest BCUT2D eigenvalue weighted by molar-refractivity contribution is 5.74. The van der Waals surface area contributed by atoms with Crippen molar-refractivity contribution in [3.63, 3.8) is 0 Å². The lowest BCUT2D eigenvalue weighted by Gasteiger charge is -2.36. The van der Waals surface area contributed by atoms with Crippen molar-refractivity contribution in [3.05, 3.63) is 0 Å². The van der Waals surface area contributed by atoms with Crippen LogP contribution >= 0.6 is 0 Å². The maximum Gasteiger partial charge on any atom is 0.317 e. The molecular formula is C17H33N3O2. The number of likely N-dealkylation sites (tertiary alicyclic amines) is 2. The molecule has 0 aromatic carbocycles. The number of nitrogens with zero attached hydrogens (tertiary/aromatic N) is 2. The summed E-state index contributed by atoms with van der Waals surface area (Å²) in [5, 5.41) is 12.3. The molecule has 0 aliphatic carbocycles. The van der Waals surface area contributed by atoms with Crippen molar-refractivity contribution < 1.29 is 9.90 Å². The Hall–Kier alpha value is -0.810. The number of aliphatic hydroxyl groups is 1. The number of urea groups is 1. The van der Waals surface area contributed by atoms with Crippen molar-refractivity contribution >= 4 is 6.03 Å². The first-order valence-corrected chi connectivity index (χ1v) is 9.12. The predicted octanol–water partition coefficient (Wildman–Crippen LogP) is 2.05. The fourth-order valence-corrected chi connectivity index (χ4v) is 3.78. The third-order valence-corrected chi connectivity index (χ3v) is 5.14. The minimum absolute atomic E-state index is 0.0779. The lowest BCUT2D eigenvalue weighted by Crippen LogP contribution is -2.50. The summed E-state index contributed by atoms with van der Waals surface area (Å²) >= 11 is 0. The van der Waals surface area contributed by atoms with E-state index in [2.05, 4.69) is 17.1 Å². The third-order valence-electron chi connectivity index (χ3n) is 5.14. The monoisotopic (exact) mass is 311 g/mol. The molecule has 0 radical (unpaired) electrons. The first-order chi connectivity index (χ1) is 10.7. The fourth-order valence-electron chi connectivity index (χ4n) is 3.78. The van der Waals surface area contributed by atoms with Gasteiger partial charge < -0.3 is 20.2 Å². The van der Waals surface area contributed by atoms with E-state index >= 15 is 0 Å². The molecule has 0 saturated carbocycles. The van der Waals surface area contributed by atoms with Crippen LogP contribution in [0.5, 0.6) is 0 Å². The molecule has 128 valence electrons. The van der Waals surface area contributed by atoms with Crippen molar-refractivity contribution in [2.24, 2.45) is 5.92 Å². The fraction of sp³-hybridized carbons (Fsp3) is 0.941. The van der Waals surface area contributed by atoms with E-state index < -0.39 is 0 Å². The summed E-state index contributed by atoms with van der Waals surface area (Å²) in [6.45, 7) is 7.59. The summed E-state index contributed by atoms with van der Waals surface area (Å²) in [4.78, 5) is 16.9. The Morgan fingerprint density at radius 2 is 1.95 bits per heavy atom. The van der Waals surface area contributed by atoms with Crippen molar-refractivity contribution in [3.8, 4) is 0 Å². The Kier molecular flexibility index (Phi) is 7.46. The van der Waals surface area contributed by atoms with E-state index in [1.807, 2.05) is 4.90 Å². The number of nitrogens with one attached hydrogen (secondary N) is 1. The zero-order chi connectivity index (χ0) is 15.8. The topological polar surface area (TPSA) is 55.8 Å². The predicted molar refractivity (Wildman–Crippen MR) is 88.9 cm³/mol. The number of amides is 2. The van der Waals surface area contributed by atoms with Gasteiger partial charge in [0.25, 0.3) is 0 Å². The molecule has 2 amide bonds. The van der Waals surface area contributed by atoms with Crippen molar-refractivity contribution in [2.75, 3.05) is 39.3 Å². The molecule has 5 heteroatoms. The largest absolute Gasteiger partial charge is 0.396 e. The first kappa shape index (κ1) is 17.5. The Morgan fingerprint density at radius 3 is 2.64 bits per heavy atom. The summed E-state index contributed by atoms with van der Waals surface area (Å²) in [5.41, 5.74) is 0. The molecule has 2 saturated heterocycles. The standard InChI is InChI=1S/C17H33N3O2/c1-2-9-19-11-6-15(7-12-19)14-18-17(22)20-10-4-3-5-16(20)8-13-21/h15-16,21H,2-14H2,1H3,(H,18,22). The van der Waals surface area contributed by atoms with Crippen LogP contribution in [-0.4, -0.2) is 66.3 Å². The normalized spacial score (nSPS) is 24.5. The van der Waals surface area contributed by atoms with Gasteiger partial charge in [-0.25, -0.2) is 4.79 Å². The van der Waals surface area contributed by atoms with Gasteiger partial charge in [0.1, 0.15) is 0 Å². The Bertz CT molecular complexity index is 328. The van der Waals surface area contributed by atoms with Crippen molar-refractivity contribution in [1.29, 1.82) is 0 Å². The minimum atomic E-state index is 0.0779. The molecule has 5 nitrogen and oxygen atoms in total. The molecule has 1 atom stereocenters. The second kappa shape index (κ2) is 9.36. The summed E-state index contributed by atoms with van der Waals surface area (Å²) in [6.07, 6.45) is 7.62. The highest BCUT2D eigenvalue weighted by Crippen LogP contribution is 2.20. The van der Waals surface area contributed by atoms with E-state index in [-0.39, 0.29) is 18.7 Å². The molecule has 0 aromatic heterocycles. The van der Waals surface area contributed by atoms with Crippen LogP contribution in [0.2, 0.25) is 0 Å². The Morgan fingerprint density at radius 1 is 1.18 bits per heavy atom. The highest BCUT2D eigenvalue weighted by atomic mass is 16.3. The van der Waals surface area contributed by atoms with Crippen LogP contribution in [0.4, 0.5) is 4.79 Å². The molecule has 22 heavy (non-hydrogen) atoms. The van der Waals surface area contributed by atoms with Gasteiger partial charge in [0.05, 0.1) is 0 Å². The van der Waals surface area contributed by atoms with Crippen LogP contribution in [0.15, 0.2) is 0 Å². The summed E-state index contributed by atoms with van der Waals surface area (Å²) in [5.74, 6) is 0.623. The van der Waals surface area contributed by atoms with Gasteiger partial charge >= 0.3 is 6.03 Å². The van der Waals surface area contributed by atoms with Gasteiger partial charge in [0.15, 0.2) is 0 Å². The number of hydrogen-bond acceptors (Lipinski definition) is 3. The van der Waals surface area contributed by atoms with Crippen LogP contribution in [0.3, 0.4) is 0 Å². The highest BCUT2D eigenvalue weighted by Gasteiger charge is 2.27. The zero-order valence-corrected chi connectivity index (χ0v) is 14.1. The molecule has 0 bridgehead atoms. The van der Waals surface area contributed by atoms with Gasteiger partial charge in [-0.3, -0.25) is 0 Å². The zero-order valence-electron chi connectivity index (χ0n) is 14.1. The summed E-state index contributed by atoms with van der Waals surface area (Å²) < 4.78 is 0. The average Bonchev–Trinajstić information content (AvgIpc) is 2.55. The van der Waals surface area contributed by atoms with Gasteiger partial charge in [-0.15, -0.1) is 0 Å². The van der Waals surface area contributed by atoms with E-state index in [0.717, 1.165) is 25.9 Å². The van der Waals surface area contributed by atoms with Gasteiger partial charge in [-0.2, -0.15) is 0 Å². The van der Waals surface area contributed by atoms with Crippen LogP contribution in [-0.2, 0) is 0 Å². The van der Waals surface area contributed by atoms with E-state index in [0.29, 0.717) is 12.3 Å². The van der Waals surface area contributed by atoms with Crippen LogP contribution in [0, 0.1) is 5.92 Å². The van der Waals surface area contributed by atoms with E-state index in [1.165, 1.54) is 45.3 Å². The number of rotatable bonds is 6. The Labute approximate surface area is 135 Å². The SMILES string of the molecule is CCCN1CCC(CNC(=O)N2CCCCC2CCO)CC1. The maximum absolute atomic E-state index is 12.4. The lowest BCUT2D eigenvalue weighted by molar-refractivity contribution is 0.128. The molecule has 2 N–H and O–H groups in total. The second-order valence-electron chi connectivity index (χ2n) is 6.83. The molecule has 0 spiro atoms. The minimum Gasteiger partial charge on any atom is -0.396 e. The number of carbonyl (C=O) groups is 1. The molecule has 2 heterocycles. The van der Waals surface area contributed by atoms with Gasteiger partial charge in [0, 0.05) is 25.7 Å². The molecule has 0 aromatic rings. The molecule has 2 aliphatic heterocycles. The number of piperidine rings is 2. The lowest BCUT2D eigenvalue weighted by atomic mass is 9.96. The van der Waals surface area contributed by atoms with Crippen LogP contribution in [0.25, 0.3) is 0 Å². The molecule has 1 unspecified atom stereocenters. The van der Waals surface area contributed by atoms with Crippen molar-refractivity contribution in [2.45, 2.75) is 57.9 Å². The molecule has 2 aliphatic rings. The first-order valence-electron chi connectivity index (χ1n) is 9.12. The average molecular weight is 311 g/mol. The summed E-state index contributed by atoms with van der Waals surface area (Å²) in [7, 11) is 0. The van der Waals surface area contributed by atoms with Gasteiger partial charge in [0.2, 0.25) is 0 Å². The summed E-state index contributed by atoms with van der Waals surface area (Å²) in [6, 6.07) is 0.305. The quantitative estimate of drug-likeness (QED) is 0.789. The van der Waals surface area contributed by atoms with Crippen LogP contribution < -0.4 is 5.32 Å². The molecule has 2 fully saturated rings. The smallest absolute Gasteiger partial charge is 0.317 e. The number of aliphatic hydroxyl groups excluding tert-OH is 1. The number of carbonyl (C=O) groups excluding carboxylic acids is 1. The number of hydrogen-bond donors (Lipinski definition) is 2.